The Balaban J connectivity index is 2.48. The Labute approximate surface area is 88.2 Å². The lowest BCUT2D eigenvalue weighted by molar-refractivity contribution is -0.129. The molecule has 4 heteroatoms. The quantitative estimate of drug-likeness (QED) is 0.695. The van der Waals surface area contributed by atoms with Crippen LogP contribution < -0.4 is 0 Å². The summed E-state index contributed by atoms with van der Waals surface area (Å²) in [6.45, 7) is 3.93. The second-order valence-corrected chi connectivity index (χ2v) is 5.00. The van der Waals surface area contributed by atoms with Gasteiger partial charge in [0, 0.05) is 19.1 Å². The summed E-state index contributed by atoms with van der Waals surface area (Å²) in [5.74, 6) is 0.245. The molecule has 0 radical (unpaired) electrons. The number of carbonyl (C=O) groups is 1. The van der Waals surface area contributed by atoms with E-state index in [1.54, 1.807) is 0 Å². The molecule has 3 nitrogen and oxygen atoms in total. The molecule has 0 bridgehead atoms. The van der Waals surface area contributed by atoms with Crippen LogP contribution in [0.15, 0.2) is 0 Å². The lowest BCUT2D eigenvalue weighted by Gasteiger charge is -2.26. The van der Waals surface area contributed by atoms with Crippen LogP contribution in [-0.4, -0.2) is 53.8 Å². The number of hydrogen-bond acceptors (Lipinski definition) is 2. The molecule has 1 aliphatic rings. The minimum Gasteiger partial charge on any atom is -0.338 e. The van der Waals surface area contributed by atoms with Gasteiger partial charge in [0.1, 0.15) is 0 Å². The van der Waals surface area contributed by atoms with Crippen molar-refractivity contribution in [3.05, 3.63) is 0 Å². The second-order valence-electron chi connectivity index (χ2n) is 3.90. The minimum absolute atomic E-state index is 0.0529. The third kappa shape index (κ3) is 2.68. The van der Waals surface area contributed by atoms with Gasteiger partial charge in [-0.3, -0.25) is 4.79 Å². The molecule has 13 heavy (non-hydrogen) atoms. The largest absolute Gasteiger partial charge is 0.338 e. The number of nitrogens with zero attached hydrogens (tertiary/aromatic N) is 2. The Bertz CT molecular complexity index is 196. The first kappa shape index (κ1) is 11.0. The smallest absolute Gasteiger partial charge is 0.236 e. The van der Waals surface area contributed by atoms with E-state index in [1.165, 1.54) is 0 Å². The van der Waals surface area contributed by atoms with Crippen molar-refractivity contribution in [1.29, 1.82) is 0 Å². The number of likely N-dealkylation sites (N-methyl/N-ethyl adjacent to an activating group) is 1. The monoisotopic (exact) mass is 248 g/mol. The maximum absolute atomic E-state index is 11.6. The van der Waals surface area contributed by atoms with Crippen LogP contribution in [-0.2, 0) is 4.79 Å². The topological polar surface area (TPSA) is 23.6 Å². The number of halogens is 1. The number of carbonyl (C=O) groups excluding carboxylic acids is 1. The zero-order valence-electron chi connectivity index (χ0n) is 8.46. The fourth-order valence-corrected chi connectivity index (χ4v) is 2.20. The average molecular weight is 249 g/mol. The van der Waals surface area contributed by atoms with E-state index in [0.29, 0.717) is 6.04 Å². The molecule has 0 aromatic rings. The molecular weight excluding hydrogens is 232 g/mol. The summed E-state index contributed by atoms with van der Waals surface area (Å²) >= 11 is 3.37. The number of rotatable bonds is 3. The predicted molar refractivity (Wildman–Crippen MR) is 57.1 cm³/mol. The Morgan fingerprint density at radius 2 is 2.31 bits per heavy atom. The summed E-state index contributed by atoms with van der Waals surface area (Å²) in [5.41, 5.74) is 0. The van der Waals surface area contributed by atoms with Crippen molar-refractivity contribution in [2.45, 2.75) is 24.2 Å². The standard InChI is InChI=1S/C9H17BrN2O/c1-7(6-11(2)3)12-5-4-8(10)9(12)13/h7-8H,4-6H2,1-3H3. The van der Waals surface area contributed by atoms with Gasteiger partial charge in [-0.05, 0) is 27.4 Å². The molecular formula is C9H17BrN2O. The van der Waals surface area contributed by atoms with Crippen LogP contribution in [0.25, 0.3) is 0 Å². The Morgan fingerprint density at radius 3 is 2.69 bits per heavy atom. The molecule has 1 saturated heterocycles. The fourth-order valence-electron chi connectivity index (χ4n) is 1.73. The van der Waals surface area contributed by atoms with E-state index in [9.17, 15) is 4.79 Å². The average Bonchev–Trinajstić information content (AvgIpc) is 2.31. The minimum atomic E-state index is 0.0529. The molecule has 1 amide bonds. The molecule has 0 aromatic carbocycles. The van der Waals surface area contributed by atoms with E-state index < -0.39 is 0 Å². The van der Waals surface area contributed by atoms with Crippen molar-refractivity contribution in [2.75, 3.05) is 27.2 Å². The highest BCUT2D eigenvalue weighted by Crippen LogP contribution is 2.20. The van der Waals surface area contributed by atoms with Crippen LogP contribution in [0.1, 0.15) is 13.3 Å². The van der Waals surface area contributed by atoms with Gasteiger partial charge < -0.3 is 9.80 Å². The van der Waals surface area contributed by atoms with E-state index in [-0.39, 0.29) is 10.7 Å². The van der Waals surface area contributed by atoms with Gasteiger partial charge in [0.15, 0.2) is 0 Å². The molecule has 0 saturated carbocycles. The molecule has 2 atom stereocenters. The van der Waals surface area contributed by atoms with E-state index in [4.69, 9.17) is 0 Å². The van der Waals surface area contributed by atoms with Crippen molar-refractivity contribution in [3.8, 4) is 0 Å². The van der Waals surface area contributed by atoms with Gasteiger partial charge in [0.25, 0.3) is 0 Å². The first-order chi connectivity index (χ1) is 6.02. The van der Waals surface area contributed by atoms with Crippen LogP contribution in [0.5, 0.6) is 0 Å². The van der Waals surface area contributed by atoms with E-state index in [1.807, 2.05) is 19.0 Å². The maximum atomic E-state index is 11.6. The van der Waals surface area contributed by atoms with Crippen molar-refractivity contribution < 1.29 is 4.79 Å². The number of alkyl halides is 1. The highest BCUT2D eigenvalue weighted by atomic mass is 79.9. The summed E-state index contributed by atoms with van der Waals surface area (Å²) in [4.78, 5) is 15.7. The predicted octanol–water partition coefficient (Wildman–Crippen LogP) is 0.932. The van der Waals surface area contributed by atoms with Crippen molar-refractivity contribution in [3.63, 3.8) is 0 Å². The molecule has 0 aromatic heterocycles. The summed E-state index contributed by atoms with van der Waals surface area (Å²) in [6, 6.07) is 0.324. The maximum Gasteiger partial charge on any atom is 0.236 e. The van der Waals surface area contributed by atoms with Gasteiger partial charge in [-0.25, -0.2) is 0 Å². The molecule has 76 valence electrons. The van der Waals surface area contributed by atoms with Crippen molar-refractivity contribution in [2.24, 2.45) is 0 Å². The molecule has 1 fully saturated rings. The van der Waals surface area contributed by atoms with E-state index in [0.717, 1.165) is 19.5 Å². The highest BCUT2D eigenvalue weighted by Gasteiger charge is 2.32. The molecule has 0 aliphatic carbocycles. The highest BCUT2D eigenvalue weighted by molar-refractivity contribution is 9.10. The summed E-state index contributed by atoms with van der Waals surface area (Å²) in [6.07, 6.45) is 0.941. The fraction of sp³-hybridized carbons (Fsp3) is 0.889. The van der Waals surface area contributed by atoms with Gasteiger partial charge in [-0.15, -0.1) is 0 Å². The lowest BCUT2D eigenvalue weighted by atomic mass is 10.3. The van der Waals surface area contributed by atoms with Crippen LogP contribution in [0.2, 0.25) is 0 Å². The molecule has 1 aliphatic heterocycles. The Morgan fingerprint density at radius 1 is 1.69 bits per heavy atom. The third-order valence-electron chi connectivity index (χ3n) is 2.34. The van der Waals surface area contributed by atoms with Crippen LogP contribution >= 0.6 is 15.9 Å². The summed E-state index contributed by atoms with van der Waals surface area (Å²) < 4.78 is 0. The van der Waals surface area contributed by atoms with Gasteiger partial charge in [-0.2, -0.15) is 0 Å². The zero-order valence-corrected chi connectivity index (χ0v) is 10.0. The van der Waals surface area contributed by atoms with Gasteiger partial charge in [-0.1, -0.05) is 15.9 Å². The van der Waals surface area contributed by atoms with Crippen LogP contribution in [0.4, 0.5) is 0 Å². The molecule has 2 unspecified atom stereocenters. The zero-order chi connectivity index (χ0) is 10.0. The lowest BCUT2D eigenvalue weighted by Crippen LogP contribution is -2.41. The van der Waals surface area contributed by atoms with E-state index in [2.05, 4.69) is 27.8 Å². The Kier molecular flexibility index (Phi) is 3.74. The van der Waals surface area contributed by atoms with Crippen molar-refractivity contribution >= 4 is 21.8 Å². The first-order valence-corrected chi connectivity index (χ1v) is 5.53. The van der Waals surface area contributed by atoms with Crippen LogP contribution in [0.3, 0.4) is 0 Å². The summed E-state index contributed by atoms with van der Waals surface area (Å²) in [5, 5.41) is 0. The molecule has 1 rings (SSSR count). The third-order valence-corrected chi connectivity index (χ3v) is 3.19. The second kappa shape index (κ2) is 4.42. The van der Waals surface area contributed by atoms with Crippen LogP contribution in [0, 0.1) is 0 Å². The number of likely N-dealkylation sites (tertiary alicyclic amines) is 1. The van der Waals surface area contributed by atoms with Gasteiger partial charge >= 0.3 is 0 Å². The molecule has 0 spiro atoms. The molecule has 1 heterocycles. The SMILES string of the molecule is CC(CN(C)C)N1CCC(Br)C1=O. The van der Waals surface area contributed by atoms with E-state index >= 15 is 0 Å². The molecule has 0 N–H and O–H groups in total. The normalized spacial score (nSPS) is 25.8. The Hall–Kier alpha value is -0.0900. The first-order valence-electron chi connectivity index (χ1n) is 4.61. The number of hydrogen-bond donors (Lipinski definition) is 0. The summed E-state index contributed by atoms with van der Waals surface area (Å²) in [7, 11) is 4.06. The van der Waals surface area contributed by atoms with Crippen molar-refractivity contribution in [1.82, 2.24) is 9.80 Å². The van der Waals surface area contributed by atoms with Gasteiger partial charge in [0.05, 0.1) is 4.83 Å². The number of amides is 1. The van der Waals surface area contributed by atoms with Gasteiger partial charge in [0.2, 0.25) is 5.91 Å².